The SMILES string of the molecule is CC(=O)N1CC2(CC(Nc3cc(C(=O)NC[C@@H](O)[C@@H]4Cc5ccc(OCc6ocnc6C)cc5CN4C(=O)O)nc(N4CCCCC4)n3)C2)C1. The Morgan fingerprint density at radius 3 is 2.58 bits per heavy atom. The molecule has 15 nitrogen and oxygen atoms in total. The number of likely N-dealkylation sites (tertiary alicyclic amines) is 1. The zero-order valence-corrected chi connectivity index (χ0v) is 28.4. The summed E-state index contributed by atoms with van der Waals surface area (Å²) in [6.07, 6.45) is 4.33. The number of hydrogen-bond acceptors (Lipinski definition) is 11. The Bertz CT molecular complexity index is 1740. The number of aryl methyl sites for hydroxylation is 1. The van der Waals surface area contributed by atoms with Gasteiger partial charge in [-0.15, -0.1) is 0 Å². The van der Waals surface area contributed by atoms with Crippen LogP contribution in [0.1, 0.15) is 72.1 Å². The average molecular weight is 689 g/mol. The molecular formula is C35H44N8O7. The Labute approximate surface area is 290 Å². The van der Waals surface area contributed by atoms with Crippen molar-refractivity contribution in [2.45, 2.75) is 83.7 Å². The van der Waals surface area contributed by atoms with Crippen LogP contribution in [0, 0.1) is 12.3 Å². The molecule has 0 radical (unpaired) electrons. The number of anilines is 2. The second-order valence-electron chi connectivity index (χ2n) is 14.2. The van der Waals surface area contributed by atoms with E-state index in [0.717, 1.165) is 75.1 Å². The highest BCUT2D eigenvalue weighted by Crippen LogP contribution is 2.49. The predicted molar refractivity (Wildman–Crippen MR) is 181 cm³/mol. The zero-order chi connectivity index (χ0) is 35.0. The Balaban J connectivity index is 0.997. The van der Waals surface area contributed by atoms with E-state index in [1.54, 1.807) is 19.1 Å². The van der Waals surface area contributed by atoms with Gasteiger partial charge in [-0.3, -0.25) is 14.5 Å². The first-order valence-electron chi connectivity index (χ1n) is 17.3. The number of nitrogens with one attached hydrogen (secondary N) is 2. The lowest BCUT2D eigenvalue weighted by Crippen LogP contribution is -2.65. The van der Waals surface area contributed by atoms with E-state index in [-0.39, 0.29) is 49.2 Å². The molecule has 15 heteroatoms. The molecule has 3 aromatic rings. The second kappa shape index (κ2) is 13.8. The van der Waals surface area contributed by atoms with Crippen LogP contribution in [0.2, 0.25) is 0 Å². The number of carbonyl (C=O) groups excluding carboxylic acids is 2. The van der Waals surface area contributed by atoms with Gasteiger partial charge < -0.3 is 39.8 Å². The fraction of sp³-hybridized carbons (Fsp3) is 0.543. The van der Waals surface area contributed by atoms with Crippen LogP contribution < -0.4 is 20.3 Å². The van der Waals surface area contributed by atoms with Crippen molar-refractivity contribution >= 4 is 29.7 Å². The van der Waals surface area contributed by atoms with Gasteiger partial charge in [-0.1, -0.05) is 6.07 Å². The van der Waals surface area contributed by atoms with Crippen molar-refractivity contribution in [3.05, 3.63) is 58.9 Å². The topological polar surface area (TPSA) is 186 Å². The van der Waals surface area contributed by atoms with E-state index in [1.807, 2.05) is 24.0 Å². The summed E-state index contributed by atoms with van der Waals surface area (Å²) < 4.78 is 11.2. The van der Waals surface area contributed by atoms with Gasteiger partial charge in [0, 0.05) is 63.7 Å². The van der Waals surface area contributed by atoms with E-state index in [1.165, 1.54) is 11.3 Å². The molecule has 0 unspecified atom stereocenters. The number of carboxylic acid groups (broad SMARTS) is 1. The van der Waals surface area contributed by atoms with E-state index < -0.39 is 24.1 Å². The number of aromatic nitrogens is 3. The van der Waals surface area contributed by atoms with Gasteiger partial charge in [0.25, 0.3) is 5.91 Å². The highest BCUT2D eigenvalue weighted by molar-refractivity contribution is 5.93. The van der Waals surface area contributed by atoms with E-state index in [2.05, 4.69) is 25.5 Å². The average Bonchev–Trinajstić information content (AvgIpc) is 3.49. The van der Waals surface area contributed by atoms with Crippen LogP contribution in [0.4, 0.5) is 16.6 Å². The van der Waals surface area contributed by atoms with Crippen molar-refractivity contribution in [2.75, 3.05) is 42.9 Å². The van der Waals surface area contributed by atoms with E-state index in [0.29, 0.717) is 23.3 Å². The lowest BCUT2D eigenvalue weighted by molar-refractivity contribution is -0.148. The van der Waals surface area contributed by atoms with Crippen LogP contribution in [0.15, 0.2) is 35.1 Å². The van der Waals surface area contributed by atoms with E-state index >= 15 is 0 Å². The van der Waals surface area contributed by atoms with Gasteiger partial charge in [0.2, 0.25) is 11.9 Å². The lowest BCUT2D eigenvalue weighted by atomic mass is 9.60. The summed E-state index contributed by atoms with van der Waals surface area (Å²) in [5.74, 6) is 1.86. The molecule has 7 rings (SSSR count). The standard InChI is InChI=1S/C35H44N8O7/c1-21-30(50-20-37-21)17-49-26-7-6-23-11-28(43(34(47)48)16-24(23)10-26)29(45)15-36-32(46)27-12-31(40-33(39-27)41-8-4-3-5-9-41)38-25-13-35(14-25)18-42(19-35)22(2)44/h6-7,10,12,20,25,28-29,45H,3-5,8-9,11,13-19H2,1-2H3,(H,36,46)(H,47,48)(H,38,39,40)/t28-,29+/m0/s1. The number of benzene rings is 1. The molecule has 2 aromatic heterocycles. The third kappa shape index (κ3) is 7.04. The number of hydrogen-bond donors (Lipinski definition) is 4. The first kappa shape index (κ1) is 33.6. The number of oxazole rings is 1. The minimum atomic E-state index is -1.17. The normalized spacial score (nSPS) is 20.4. The highest BCUT2D eigenvalue weighted by atomic mass is 16.5. The van der Waals surface area contributed by atoms with Crippen molar-refractivity contribution in [3.63, 3.8) is 0 Å². The lowest BCUT2D eigenvalue weighted by Gasteiger charge is -2.59. The summed E-state index contributed by atoms with van der Waals surface area (Å²) in [5.41, 5.74) is 2.76. The quantitative estimate of drug-likeness (QED) is 0.244. The van der Waals surface area contributed by atoms with Gasteiger partial charge in [0.1, 0.15) is 23.9 Å². The third-order valence-corrected chi connectivity index (χ3v) is 10.5. The Hall–Kier alpha value is -4.92. The summed E-state index contributed by atoms with van der Waals surface area (Å²) in [7, 11) is 0. The molecule has 2 saturated heterocycles. The maximum atomic E-state index is 13.5. The van der Waals surface area contributed by atoms with Crippen LogP contribution in [0.5, 0.6) is 5.75 Å². The molecule has 1 spiro atoms. The largest absolute Gasteiger partial charge is 0.486 e. The number of ether oxygens (including phenoxy) is 1. The fourth-order valence-electron chi connectivity index (χ4n) is 7.67. The number of aliphatic hydroxyl groups is 1. The molecule has 4 aliphatic rings. The molecule has 4 N–H and O–H groups in total. The first-order valence-corrected chi connectivity index (χ1v) is 17.3. The smallest absolute Gasteiger partial charge is 0.407 e. The number of piperidine rings is 1. The summed E-state index contributed by atoms with van der Waals surface area (Å²) in [4.78, 5) is 56.1. The number of amides is 3. The van der Waals surface area contributed by atoms with Crippen LogP contribution in [-0.4, -0.2) is 104 Å². The number of nitrogens with zero attached hydrogens (tertiary/aromatic N) is 6. The molecule has 3 amide bonds. The van der Waals surface area contributed by atoms with Gasteiger partial charge in [0.15, 0.2) is 12.2 Å². The number of carbonyl (C=O) groups is 3. The molecule has 1 aromatic carbocycles. The summed E-state index contributed by atoms with van der Waals surface area (Å²) in [5, 5.41) is 27.6. The minimum absolute atomic E-state index is 0.0637. The molecule has 2 atom stereocenters. The van der Waals surface area contributed by atoms with Crippen LogP contribution in [0.3, 0.4) is 0 Å². The Morgan fingerprint density at radius 1 is 1.10 bits per heavy atom. The summed E-state index contributed by atoms with van der Waals surface area (Å²) in [6, 6.07) is 6.53. The molecule has 0 bridgehead atoms. The van der Waals surface area contributed by atoms with E-state index in [4.69, 9.17) is 14.1 Å². The van der Waals surface area contributed by atoms with Crippen LogP contribution in [0.25, 0.3) is 0 Å². The van der Waals surface area contributed by atoms with Crippen LogP contribution >= 0.6 is 0 Å². The maximum absolute atomic E-state index is 13.5. The van der Waals surface area contributed by atoms with Crippen molar-refractivity contribution < 1.29 is 33.8 Å². The molecule has 50 heavy (non-hydrogen) atoms. The molecule has 266 valence electrons. The molecule has 3 aliphatic heterocycles. The van der Waals surface area contributed by atoms with Gasteiger partial charge in [-0.05, 0) is 68.7 Å². The fourth-order valence-corrected chi connectivity index (χ4v) is 7.67. The van der Waals surface area contributed by atoms with Crippen molar-refractivity contribution in [1.29, 1.82) is 0 Å². The van der Waals surface area contributed by atoms with Crippen molar-refractivity contribution in [2.24, 2.45) is 5.41 Å². The molecular weight excluding hydrogens is 644 g/mol. The van der Waals surface area contributed by atoms with Gasteiger partial charge in [-0.2, -0.15) is 4.98 Å². The molecule has 1 saturated carbocycles. The summed E-state index contributed by atoms with van der Waals surface area (Å²) >= 11 is 0. The maximum Gasteiger partial charge on any atom is 0.407 e. The minimum Gasteiger partial charge on any atom is -0.486 e. The second-order valence-corrected chi connectivity index (χ2v) is 14.2. The van der Waals surface area contributed by atoms with Crippen molar-refractivity contribution in [1.82, 2.24) is 30.1 Å². The molecule has 1 aliphatic carbocycles. The van der Waals surface area contributed by atoms with Gasteiger partial charge in [-0.25, -0.2) is 14.8 Å². The number of aliphatic hydroxyl groups excluding tert-OH is 1. The van der Waals surface area contributed by atoms with Crippen molar-refractivity contribution in [3.8, 4) is 5.75 Å². The third-order valence-electron chi connectivity index (χ3n) is 10.5. The first-order chi connectivity index (χ1) is 24.1. The van der Waals surface area contributed by atoms with Gasteiger partial charge in [0.05, 0.1) is 17.8 Å². The van der Waals surface area contributed by atoms with E-state index in [9.17, 15) is 24.6 Å². The Morgan fingerprint density at radius 2 is 1.88 bits per heavy atom. The molecule has 3 fully saturated rings. The zero-order valence-electron chi connectivity index (χ0n) is 28.4. The monoisotopic (exact) mass is 688 g/mol. The summed E-state index contributed by atoms with van der Waals surface area (Å²) in [6.45, 7) is 6.70. The number of fused-ring (bicyclic) bond motifs is 1. The van der Waals surface area contributed by atoms with Crippen LogP contribution in [-0.2, 0) is 24.4 Å². The highest BCUT2D eigenvalue weighted by Gasteiger charge is 2.53. The Kier molecular flexibility index (Phi) is 9.24. The van der Waals surface area contributed by atoms with Gasteiger partial charge >= 0.3 is 6.09 Å². The number of rotatable bonds is 10. The predicted octanol–water partition coefficient (Wildman–Crippen LogP) is 2.96. The molecule has 5 heterocycles.